The van der Waals surface area contributed by atoms with Gasteiger partial charge in [-0.25, -0.2) is 14.6 Å². The molecule has 0 aliphatic carbocycles. The number of carbonyl (C=O) groups excluding carboxylic acids is 2. The van der Waals surface area contributed by atoms with E-state index < -0.39 is 22.9 Å². The molecule has 0 bridgehead atoms. The summed E-state index contributed by atoms with van der Waals surface area (Å²) in [7, 11) is 1.26. The normalized spacial score (nSPS) is 13.8. The number of ether oxygens (including phenoxy) is 6. The van der Waals surface area contributed by atoms with Crippen molar-refractivity contribution in [3.63, 3.8) is 0 Å². The van der Waals surface area contributed by atoms with Crippen LogP contribution in [0.15, 0.2) is 75.7 Å². The summed E-state index contributed by atoms with van der Waals surface area (Å²) >= 11 is 3.30. The maximum atomic E-state index is 14.3. The topological polar surface area (TPSA) is 167 Å². The van der Waals surface area contributed by atoms with Crippen LogP contribution < -0.4 is 33.8 Å². The largest absolute Gasteiger partial charge is 0.490 e. The molecule has 0 saturated heterocycles. The first-order valence-corrected chi connectivity index (χ1v) is 18.4. The van der Waals surface area contributed by atoms with Crippen molar-refractivity contribution in [1.82, 2.24) is 4.57 Å². The van der Waals surface area contributed by atoms with Crippen LogP contribution in [0.4, 0.5) is 5.69 Å². The summed E-state index contributed by atoms with van der Waals surface area (Å²) in [6, 6.07) is 13.8. The van der Waals surface area contributed by atoms with E-state index >= 15 is 0 Å². The highest BCUT2D eigenvalue weighted by Crippen LogP contribution is 2.37. The molecule has 0 saturated carbocycles. The average Bonchev–Trinajstić information content (AvgIpc) is 3.43. The number of halogens is 1. The molecule has 278 valence electrons. The molecule has 4 aromatic rings. The minimum Gasteiger partial charge on any atom is -0.490 e. The fraction of sp³-hybridized carbons (Fsp3) is 0.297. The van der Waals surface area contributed by atoms with Crippen LogP contribution in [-0.2, 0) is 25.7 Å². The lowest BCUT2D eigenvalue weighted by atomic mass is 9.95. The van der Waals surface area contributed by atoms with Crippen LogP contribution in [0.2, 0.25) is 0 Å². The number of hydrogen-bond donors (Lipinski definition) is 0. The first kappa shape index (κ1) is 39.0. The molecule has 1 aliphatic heterocycles. The van der Waals surface area contributed by atoms with Crippen molar-refractivity contribution in [2.24, 2.45) is 4.99 Å². The monoisotopic (exact) mass is 857 g/mol. The predicted octanol–water partition coefficient (Wildman–Crippen LogP) is 5.24. The number of hydrogen-bond acceptors (Lipinski definition) is 13. The highest BCUT2D eigenvalue weighted by molar-refractivity contribution is 14.1. The average molecular weight is 858 g/mol. The van der Waals surface area contributed by atoms with E-state index in [4.69, 9.17) is 23.7 Å². The Bertz CT molecular complexity index is 2250. The zero-order valence-corrected chi connectivity index (χ0v) is 32.5. The SMILES string of the molecule is CCOC(=O)C1=C(C)N=c2s/c(=C/c3cc(I)c(OCc4ccc([N+](=O)[O-])cc4)c(OCC)c3)c(=O)n2[C@@H]1c1ccc(OCC(=O)OC)c(OCC)c1. The molecular weight excluding hydrogens is 821 g/mol. The molecule has 0 N–H and O–H groups in total. The summed E-state index contributed by atoms with van der Waals surface area (Å²) in [5.41, 5.74) is 2.13. The molecule has 0 radical (unpaired) electrons. The third kappa shape index (κ3) is 8.88. The van der Waals surface area contributed by atoms with Gasteiger partial charge in [-0.1, -0.05) is 17.4 Å². The molecule has 0 unspecified atom stereocenters. The number of rotatable bonds is 15. The second kappa shape index (κ2) is 17.5. The molecular formula is C37H36IN3O11S. The van der Waals surface area contributed by atoms with Crippen molar-refractivity contribution in [2.45, 2.75) is 40.3 Å². The fourth-order valence-electron chi connectivity index (χ4n) is 5.48. The van der Waals surface area contributed by atoms with Crippen LogP contribution in [0, 0.1) is 13.7 Å². The van der Waals surface area contributed by atoms with E-state index in [1.165, 1.54) is 35.1 Å². The minimum atomic E-state index is -0.921. The van der Waals surface area contributed by atoms with Gasteiger partial charge in [0.1, 0.15) is 6.61 Å². The van der Waals surface area contributed by atoms with Gasteiger partial charge in [0, 0.05) is 12.1 Å². The van der Waals surface area contributed by atoms with Crippen LogP contribution in [0.25, 0.3) is 6.08 Å². The molecule has 0 fully saturated rings. The molecule has 1 aliphatic rings. The Kier molecular flexibility index (Phi) is 12.9. The Labute approximate surface area is 321 Å². The number of allylic oxidation sites excluding steroid dienone is 1. The number of methoxy groups -OCH3 is 1. The molecule has 0 spiro atoms. The van der Waals surface area contributed by atoms with E-state index in [0.29, 0.717) is 53.6 Å². The Hall–Kier alpha value is -5.23. The summed E-state index contributed by atoms with van der Waals surface area (Å²) in [6.07, 6.45) is 1.73. The van der Waals surface area contributed by atoms with Gasteiger partial charge in [-0.3, -0.25) is 19.5 Å². The lowest BCUT2D eigenvalue weighted by Crippen LogP contribution is -2.40. The van der Waals surface area contributed by atoms with Crippen molar-refractivity contribution in [3.8, 4) is 23.0 Å². The number of benzene rings is 3. The number of non-ortho nitro benzene ring substituents is 1. The lowest BCUT2D eigenvalue weighted by molar-refractivity contribution is -0.384. The zero-order valence-electron chi connectivity index (χ0n) is 29.5. The summed E-state index contributed by atoms with van der Waals surface area (Å²) in [6.45, 7) is 7.59. The number of esters is 2. The maximum absolute atomic E-state index is 14.3. The quantitative estimate of drug-likeness (QED) is 0.0664. The van der Waals surface area contributed by atoms with Gasteiger partial charge in [0.25, 0.3) is 11.2 Å². The smallest absolute Gasteiger partial charge is 0.343 e. The van der Waals surface area contributed by atoms with Crippen molar-refractivity contribution >= 4 is 57.6 Å². The number of carbonyl (C=O) groups is 2. The van der Waals surface area contributed by atoms with Gasteiger partial charge in [0.05, 0.1) is 57.3 Å². The summed E-state index contributed by atoms with van der Waals surface area (Å²) < 4.78 is 36.2. The van der Waals surface area contributed by atoms with Crippen LogP contribution in [0.5, 0.6) is 23.0 Å². The van der Waals surface area contributed by atoms with Crippen LogP contribution in [0.3, 0.4) is 0 Å². The van der Waals surface area contributed by atoms with Crippen molar-refractivity contribution in [3.05, 3.63) is 116 Å². The molecule has 5 rings (SSSR count). The number of nitro groups is 1. The molecule has 14 nitrogen and oxygen atoms in total. The first-order valence-electron chi connectivity index (χ1n) is 16.5. The Morgan fingerprint density at radius 1 is 0.962 bits per heavy atom. The van der Waals surface area contributed by atoms with Crippen LogP contribution >= 0.6 is 33.9 Å². The molecule has 3 aromatic carbocycles. The van der Waals surface area contributed by atoms with Gasteiger partial charge >= 0.3 is 11.9 Å². The van der Waals surface area contributed by atoms with Gasteiger partial charge in [-0.15, -0.1) is 0 Å². The molecule has 53 heavy (non-hydrogen) atoms. The Balaban J connectivity index is 1.57. The number of fused-ring (bicyclic) bond motifs is 1. The van der Waals surface area contributed by atoms with E-state index in [9.17, 15) is 24.5 Å². The number of nitrogens with zero attached hydrogens (tertiary/aromatic N) is 3. The van der Waals surface area contributed by atoms with Gasteiger partial charge < -0.3 is 28.4 Å². The molecule has 2 heterocycles. The van der Waals surface area contributed by atoms with E-state index in [0.717, 1.165) is 5.56 Å². The van der Waals surface area contributed by atoms with Gasteiger partial charge in [-0.05, 0) is 109 Å². The fourth-order valence-corrected chi connectivity index (χ4v) is 7.31. The predicted molar refractivity (Wildman–Crippen MR) is 203 cm³/mol. The maximum Gasteiger partial charge on any atom is 0.343 e. The standard InChI is InChI=1S/C37H36IN3O11S/c1-6-48-28-18-24(11-14-27(28)51-20-31(42)47-5)33-32(36(44)50-8-3)21(4)39-37-40(33)35(43)30(53-37)17-23-15-26(38)34(29(16-23)49-7-2)52-19-22-9-12-25(13-10-22)41(45)46/h9-18,33H,6-8,19-20H2,1-5H3/b30-17+/t33-/m1/s1. The third-order valence-corrected chi connectivity index (χ3v) is 9.62. The van der Waals surface area contributed by atoms with Gasteiger partial charge in [0.2, 0.25) is 0 Å². The van der Waals surface area contributed by atoms with E-state index in [1.54, 1.807) is 63.2 Å². The minimum absolute atomic E-state index is 0.0122. The highest BCUT2D eigenvalue weighted by atomic mass is 127. The Morgan fingerprint density at radius 2 is 1.68 bits per heavy atom. The van der Waals surface area contributed by atoms with Crippen molar-refractivity contribution < 1.29 is 42.9 Å². The molecule has 1 atom stereocenters. The number of thiazole rings is 1. The van der Waals surface area contributed by atoms with Gasteiger partial charge in [-0.2, -0.15) is 0 Å². The van der Waals surface area contributed by atoms with Crippen molar-refractivity contribution in [1.29, 1.82) is 0 Å². The third-order valence-electron chi connectivity index (χ3n) is 7.83. The summed E-state index contributed by atoms with van der Waals surface area (Å²) in [5.74, 6) is 0.353. The number of aromatic nitrogens is 1. The van der Waals surface area contributed by atoms with E-state index in [2.05, 4.69) is 32.3 Å². The Morgan fingerprint density at radius 3 is 2.34 bits per heavy atom. The molecule has 1 aromatic heterocycles. The second-order valence-corrected chi connectivity index (χ2v) is 13.5. The second-order valence-electron chi connectivity index (χ2n) is 11.3. The highest BCUT2D eigenvalue weighted by Gasteiger charge is 2.34. The molecule has 16 heteroatoms. The summed E-state index contributed by atoms with van der Waals surface area (Å²) in [4.78, 5) is 55.1. The zero-order chi connectivity index (χ0) is 38.2. The van der Waals surface area contributed by atoms with Crippen LogP contribution in [0.1, 0.15) is 50.4 Å². The molecule has 0 amide bonds. The lowest BCUT2D eigenvalue weighted by Gasteiger charge is -2.25. The number of nitro benzene ring substituents is 1. The van der Waals surface area contributed by atoms with Gasteiger partial charge in [0.15, 0.2) is 34.4 Å². The van der Waals surface area contributed by atoms with Crippen molar-refractivity contribution in [2.75, 3.05) is 33.5 Å². The first-order chi connectivity index (χ1) is 25.5. The van der Waals surface area contributed by atoms with Crippen LogP contribution in [-0.4, -0.2) is 55.0 Å². The summed E-state index contributed by atoms with van der Waals surface area (Å²) in [5, 5.41) is 11.0. The van der Waals surface area contributed by atoms with E-state index in [-0.39, 0.29) is 49.0 Å². The van der Waals surface area contributed by atoms with E-state index in [1.807, 2.05) is 13.0 Å².